The molecule has 2 amide bonds. The summed E-state index contributed by atoms with van der Waals surface area (Å²) in [4.78, 5) is 36.9. The smallest absolute Gasteiger partial charge is 0.303 e. The van der Waals surface area contributed by atoms with Gasteiger partial charge in [-0.15, -0.1) is 0 Å². The fraction of sp³-hybridized carbons (Fsp3) is 0.357. The predicted octanol–water partition coefficient (Wildman–Crippen LogP) is 4.57. The molecule has 36 heavy (non-hydrogen) atoms. The number of nitriles is 1. The van der Waals surface area contributed by atoms with Crippen molar-refractivity contribution in [3.8, 4) is 6.07 Å². The normalized spacial score (nSPS) is 13.7. The molecule has 0 bridgehead atoms. The number of carbonyl (C=O) groups excluding carboxylic acids is 2. The molecule has 1 aromatic heterocycles. The lowest BCUT2D eigenvalue weighted by molar-refractivity contribution is -0.137. The third kappa shape index (κ3) is 5.74. The van der Waals surface area contributed by atoms with Crippen molar-refractivity contribution in [2.24, 2.45) is 5.92 Å². The first kappa shape index (κ1) is 25.0. The Bertz CT molecular complexity index is 1360. The number of aryl methyl sites for hydroxylation is 2. The number of rotatable bonds is 10. The molecule has 1 heterocycles. The summed E-state index contributed by atoms with van der Waals surface area (Å²) in [6, 6.07) is 12.1. The Morgan fingerprint density at radius 2 is 1.97 bits per heavy atom. The highest BCUT2D eigenvalue weighted by Gasteiger charge is 2.23. The van der Waals surface area contributed by atoms with Gasteiger partial charge in [0, 0.05) is 41.3 Å². The van der Waals surface area contributed by atoms with Gasteiger partial charge in [0.25, 0.3) is 5.91 Å². The number of amides is 2. The first-order valence-corrected chi connectivity index (χ1v) is 12.2. The number of hydrogen-bond donors (Lipinski definition) is 3. The van der Waals surface area contributed by atoms with Crippen LogP contribution in [0.4, 0.5) is 5.69 Å². The molecule has 3 N–H and O–H groups in total. The summed E-state index contributed by atoms with van der Waals surface area (Å²) in [6.07, 6.45) is 5.13. The molecule has 1 aliphatic rings. The number of nitrogens with zero attached hydrogens (tertiary/aromatic N) is 2. The minimum Gasteiger partial charge on any atom is -0.481 e. The van der Waals surface area contributed by atoms with E-state index in [1.165, 1.54) is 0 Å². The zero-order valence-corrected chi connectivity index (χ0v) is 20.5. The summed E-state index contributed by atoms with van der Waals surface area (Å²) in [5.74, 6) is -0.685. The second-order valence-corrected chi connectivity index (χ2v) is 9.50. The van der Waals surface area contributed by atoms with Gasteiger partial charge in [0.05, 0.1) is 11.6 Å². The fourth-order valence-corrected chi connectivity index (χ4v) is 4.32. The Balaban J connectivity index is 1.56. The van der Waals surface area contributed by atoms with E-state index >= 15 is 0 Å². The maximum atomic E-state index is 13.3. The molecule has 2 aromatic carbocycles. The Labute approximate surface area is 209 Å². The molecule has 0 spiro atoms. The SMILES string of the molecule is Cc1cn(C(C)C(=O)Nc2cc(C#N)ccc2CCCC(=O)O)c2cc(C(=O)NCC3CC3)ccc12. The second kappa shape index (κ2) is 10.6. The van der Waals surface area contributed by atoms with Crippen LogP contribution in [0.2, 0.25) is 0 Å². The van der Waals surface area contributed by atoms with E-state index in [1.807, 2.05) is 35.9 Å². The number of carboxylic acid groups (broad SMARTS) is 1. The van der Waals surface area contributed by atoms with Gasteiger partial charge in [-0.1, -0.05) is 12.1 Å². The number of benzene rings is 2. The number of fused-ring (bicyclic) bond motifs is 1. The van der Waals surface area contributed by atoms with E-state index in [4.69, 9.17) is 5.11 Å². The highest BCUT2D eigenvalue weighted by molar-refractivity contribution is 6.00. The van der Waals surface area contributed by atoms with Crippen molar-refractivity contribution in [2.75, 3.05) is 11.9 Å². The molecule has 1 fully saturated rings. The van der Waals surface area contributed by atoms with Crippen LogP contribution in [-0.2, 0) is 16.0 Å². The van der Waals surface area contributed by atoms with Gasteiger partial charge in [-0.2, -0.15) is 5.26 Å². The van der Waals surface area contributed by atoms with Crippen LogP contribution in [-0.4, -0.2) is 34.0 Å². The lowest BCUT2D eigenvalue weighted by Gasteiger charge is -2.18. The van der Waals surface area contributed by atoms with E-state index in [0.29, 0.717) is 42.1 Å². The number of aromatic nitrogens is 1. The highest BCUT2D eigenvalue weighted by Crippen LogP contribution is 2.29. The fourth-order valence-electron chi connectivity index (χ4n) is 4.32. The molecule has 1 saturated carbocycles. The van der Waals surface area contributed by atoms with Gasteiger partial charge < -0.3 is 20.3 Å². The first-order chi connectivity index (χ1) is 17.3. The number of hydrogen-bond acceptors (Lipinski definition) is 4. The van der Waals surface area contributed by atoms with Crippen LogP contribution in [0.1, 0.15) is 65.7 Å². The highest BCUT2D eigenvalue weighted by atomic mass is 16.4. The summed E-state index contributed by atoms with van der Waals surface area (Å²) >= 11 is 0. The van der Waals surface area contributed by atoms with E-state index in [-0.39, 0.29) is 18.2 Å². The zero-order valence-electron chi connectivity index (χ0n) is 20.5. The average molecular weight is 487 g/mol. The lowest BCUT2D eigenvalue weighted by atomic mass is 10.0. The number of anilines is 1. The van der Waals surface area contributed by atoms with Crippen molar-refractivity contribution in [3.63, 3.8) is 0 Å². The maximum Gasteiger partial charge on any atom is 0.303 e. The van der Waals surface area contributed by atoms with Gasteiger partial charge >= 0.3 is 5.97 Å². The van der Waals surface area contributed by atoms with Gasteiger partial charge in [-0.05, 0) is 80.8 Å². The Hall–Kier alpha value is -4.12. The predicted molar refractivity (Wildman–Crippen MR) is 137 cm³/mol. The first-order valence-electron chi connectivity index (χ1n) is 12.2. The number of aliphatic carboxylic acids is 1. The third-order valence-corrected chi connectivity index (χ3v) is 6.67. The quantitative estimate of drug-likeness (QED) is 0.387. The molecule has 8 nitrogen and oxygen atoms in total. The summed E-state index contributed by atoms with van der Waals surface area (Å²) < 4.78 is 1.86. The van der Waals surface area contributed by atoms with Crippen LogP contribution in [0.3, 0.4) is 0 Å². The Morgan fingerprint density at radius 1 is 1.19 bits per heavy atom. The molecular weight excluding hydrogens is 456 g/mol. The van der Waals surface area contributed by atoms with Gasteiger partial charge in [-0.25, -0.2) is 0 Å². The summed E-state index contributed by atoms with van der Waals surface area (Å²) in [5.41, 5.74) is 4.03. The molecule has 8 heteroatoms. The molecule has 0 aliphatic heterocycles. The molecule has 1 aliphatic carbocycles. The second-order valence-electron chi connectivity index (χ2n) is 9.50. The molecule has 0 saturated heterocycles. The molecule has 0 radical (unpaired) electrons. The van der Waals surface area contributed by atoms with E-state index in [9.17, 15) is 19.6 Å². The number of nitrogens with one attached hydrogen (secondary N) is 2. The van der Waals surface area contributed by atoms with Crippen molar-refractivity contribution in [1.29, 1.82) is 5.26 Å². The van der Waals surface area contributed by atoms with Crippen molar-refractivity contribution < 1.29 is 19.5 Å². The van der Waals surface area contributed by atoms with Crippen molar-refractivity contribution >= 4 is 34.4 Å². The van der Waals surface area contributed by atoms with Crippen LogP contribution in [0.5, 0.6) is 0 Å². The number of carboxylic acids is 1. The van der Waals surface area contributed by atoms with Crippen molar-refractivity contribution in [2.45, 2.75) is 52.0 Å². The van der Waals surface area contributed by atoms with Gasteiger partial charge in [-0.3, -0.25) is 14.4 Å². The minimum atomic E-state index is -0.877. The van der Waals surface area contributed by atoms with E-state index < -0.39 is 12.0 Å². The lowest BCUT2D eigenvalue weighted by Crippen LogP contribution is -2.26. The largest absolute Gasteiger partial charge is 0.481 e. The van der Waals surface area contributed by atoms with Crippen molar-refractivity contribution in [3.05, 3.63) is 64.8 Å². The molecular formula is C28H30N4O4. The van der Waals surface area contributed by atoms with Gasteiger partial charge in [0.15, 0.2) is 0 Å². The molecule has 3 aromatic rings. The van der Waals surface area contributed by atoms with Crippen LogP contribution in [0, 0.1) is 24.2 Å². The minimum absolute atomic E-state index is 0.0228. The Morgan fingerprint density at radius 3 is 2.67 bits per heavy atom. The average Bonchev–Trinajstić information content (AvgIpc) is 3.64. The van der Waals surface area contributed by atoms with Crippen molar-refractivity contribution in [1.82, 2.24) is 9.88 Å². The van der Waals surface area contributed by atoms with Crippen LogP contribution >= 0.6 is 0 Å². The van der Waals surface area contributed by atoms with E-state index in [0.717, 1.165) is 34.9 Å². The summed E-state index contributed by atoms with van der Waals surface area (Å²) in [5, 5.41) is 25.1. The van der Waals surface area contributed by atoms with E-state index in [1.54, 1.807) is 25.1 Å². The molecule has 1 unspecified atom stereocenters. The Kier molecular flexibility index (Phi) is 7.39. The van der Waals surface area contributed by atoms with E-state index in [2.05, 4.69) is 16.7 Å². The summed E-state index contributed by atoms with van der Waals surface area (Å²) in [6.45, 7) is 4.44. The van der Waals surface area contributed by atoms with Crippen LogP contribution in [0.25, 0.3) is 10.9 Å². The topological polar surface area (TPSA) is 124 Å². The standard InChI is InChI=1S/C28H30N4O4/c1-17-16-32(25-13-22(10-11-23(17)25)28(36)30-15-19-6-7-19)18(2)27(35)31-24-12-20(14-29)8-9-21(24)4-3-5-26(33)34/h8-13,16,18-19H,3-7,15H2,1-2H3,(H,30,36)(H,31,35)(H,33,34). The third-order valence-electron chi connectivity index (χ3n) is 6.67. The maximum absolute atomic E-state index is 13.3. The summed E-state index contributed by atoms with van der Waals surface area (Å²) in [7, 11) is 0. The monoisotopic (exact) mass is 486 g/mol. The van der Waals surface area contributed by atoms with Gasteiger partial charge in [0.2, 0.25) is 5.91 Å². The molecule has 4 rings (SSSR count). The van der Waals surface area contributed by atoms with Crippen LogP contribution in [0.15, 0.2) is 42.6 Å². The zero-order chi connectivity index (χ0) is 25.8. The molecule has 1 atom stereocenters. The molecule has 186 valence electrons. The number of carbonyl (C=O) groups is 3. The van der Waals surface area contributed by atoms with Gasteiger partial charge in [0.1, 0.15) is 6.04 Å². The van der Waals surface area contributed by atoms with Crippen LogP contribution < -0.4 is 10.6 Å².